The van der Waals surface area contributed by atoms with Crippen molar-refractivity contribution >= 4 is 17.6 Å². The molecule has 29 heavy (non-hydrogen) atoms. The highest BCUT2D eigenvalue weighted by atomic mass is 19.1. The molecule has 0 saturated heterocycles. The van der Waals surface area contributed by atoms with E-state index in [-0.39, 0.29) is 18.2 Å². The van der Waals surface area contributed by atoms with Crippen LogP contribution in [0.4, 0.5) is 4.39 Å². The molecule has 150 valence electrons. The van der Waals surface area contributed by atoms with Crippen molar-refractivity contribution in [2.75, 3.05) is 0 Å². The minimum absolute atomic E-state index is 0.0670. The average molecular weight is 392 g/mol. The standard InChI is InChI=1S/C24H25FN2O2/c1-16(2)10-13-26-14-11-17(3)24-18(5-4-12-27-24)15-29-22-9-7-20(25)19-6-8-21(28)23(19)22/h4-5,7,9-14,16H,6,8,15H2,1-3H3/b13-10+,17-11+,26-14-. The van der Waals surface area contributed by atoms with Gasteiger partial charge in [0.25, 0.3) is 0 Å². The summed E-state index contributed by atoms with van der Waals surface area (Å²) in [5.74, 6) is 0.477. The third kappa shape index (κ3) is 5.05. The van der Waals surface area contributed by atoms with Crippen molar-refractivity contribution in [3.63, 3.8) is 0 Å². The Morgan fingerprint density at radius 3 is 2.93 bits per heavy atom. The van der Waals surface area contributed by atoms with E-state index in [1.807, 2.05) is 31.2 Å². The molecule has 0 amide bonds. The number of pyridine rings is 1. The van der Waals surface area contributed by atoms with Crippen molar-refractivity contribution in [3.05, 3.63) is 77.0 Å². The fourth-order valence-electron chi connectivity index (χ4n) is 3.21. The van der Waals surface area contributed by atoms with Gasteiger partial charge in [0.15, 0.2) is 5.78 Å². The van der Waals surface area contributed by atoms with Gasteiger partial charge in [-0.25, -0.2) is 4.39 Å². The molecule has 4 nitrogen and oxygen atoms in total. The number of fused-ring (bicyclic) bond motifs is 1. The second kappa shape index (κ2) is 9.41. The van der Waals surface area contributed by atoms with Gasteiger partial charge in [0.1, 0.15) is 18.2 Å². The molecule has 5 heteroatoms. The maximum absolute atomic E-state index is 14.0. The molecule has 0 unspecified atom stereocenters. The number of nitrogens with zero attached hydrogens (tertiary/aromatic N) is 2. The summed E-state index contributed by atoms with van der Waals surface area (Å²) in [4.78, 5) is 20.9. The van der Waals surface area contributed by atoms with Gasteiger partial charge in [-0.05, 0) is 49.1 Å². The third-order valence-corrected chi connectivity index (χ3v) is 4.71. The molecule has 1 aromatic carbocycles. The number of halogens is 1. The summed E-state index contributed by atoms with van der Waals surface area (Å²) in [6, 6.07) is 6.67. The lowest BCUT2D eigenvalue weighted by molar-refractivity contribution is 0.0990. The molecule has 2 aromatic rings. The molecule has 0 aliphatic heterocycles. The molecule has 0 radical (unpaired) electrons. The Kier molecular flexibility index (Phi) is 6.70. The number of aromatic nitrogens is 1. The van der Waals surface area contributed by atoms with E-state index in [2.05, 4.69) is 23.8 Å². The zero-order valence-corrected chi connectivity index (χ0v) is 17.0. The summed E-state index contributed by atoms with van der Waals surface area (Å²) < 4.78 is 19.9. The quantitative estimate of drug-likeness (QED) is 0.579. The minimum atomic E-state index is -0.343. The minimum Gasteiger partial charge on any atom is -0.488 e. The van der Waals surface area contributed by atoms with Crippen LogP contribution < -0.4 is 4.74 Å². The van der Waals surface area contributed by atoms with Gasteiger partial charge in [-0.1, -0.05) is 26.0 Å². The van der Waals surface area contributed by atoms with Crippen LogP contribution in [0.1, 0.15) is 54.4 Å². The maximum Gasteiger partial charge on any atom is 0.167 e. The van der Waals surface area contributed by atoms with Crippen LogP contribution in [-0.4, -0.2) is 17.0 Å². The number of hydrogen-bond donors (Lipinski definition) is 0. The Balaban J connectivity index is 1.77. The summed E-state index contributed by atoms with van der Waals surface area (Å²) >= 11 is 0. The molecule has 1 heterocycles. The molecule has 0 saturated carbocycles. The number of carbonyl (C=O) groups excluding carboxylic acids is 1. The number of ether oxygens (including phenoxy) is 1. The monoisotopic (exact) mass is 392 g/mol. The third-order valence-electron chi connectivity index (χ3n) is 4.71. The SMILES string of the molecule is C\C(=C/C=N\C=C\C(C)C)c1ncccc1COc1ccc(F)c2c1C(=O)CC2. The lowest BCUT2D eigenvalue weighted by atomic mass is 10.1. The number of Topliss-reactive ketones (excluding diaryl/α,β-unsaturated/α-hetero) is 1. The van der Waals surface area contributed by atoms with Gasteiger partial charge < -0.3 is 4.74 Å². The van der Waals surface area contributed by atoms with E-state index in [1.54, 1.807) is 18.6 Å². The zero-order valence-electron chi connectivity index (χ0n) is 17.0. The summed E-state index contributed by atoms with van der Waals surface area (Å²) in [7, 11) is 0. The van der Waals surface area contributed by atoms with Gasteiger partial charge in [-0.2, -0.15) is 0 Å². The van der Waals surface area contributed by atoms with Crippen LogP contribution in [-0.2, 0) is 13.0 Å². The van der Waals surface area contributed by atoms with Crippen LogP contribution in [0, 0.1) is 11.7 Å². The highest BCUT2D eigenvalue weighted by Gasteiger charge is 2.27. The van der Waals surface area contributed by atoms with Gasteiger partial charge in [0.2, 0.25) is 0 Å². The van der Waals surface area contributed by atoms with Crippen molar-refractivity contribution in [1.29, 1.82) is 0 Å². The Bertz CT molecular complexity index is 990. The molecule has 0 spiro atoms. The predicted octanol–water partition coefficient (Wildman–Crippen LogP) is 5.57. The molecule has 0 bridgehead atoms. The number of allylic oxidation sites excluding steroid dienone is 3. The van der Waals surface area contributed by atoms with Gasteiger partial charge >= 0.3 is 0 Å². The normalized spacial score (nSPS) is 14.4. The van der Waals surface area contributed by atoms with Crippen LogP contribution in [0.25, 0.3) is 5.57 Å². The summed E-state index contributed by atoms with van der Waals surface area (Å²) in [6.07, 6.45) is 9.92. The van der Waals surface area contributed by atoms with Crippen molar-refractivity contribution in [3.8, 4) is 5.75 Å². The number of benzene rings is 1. The maximum atomic E-state index is 14.0. The summed E-state index contributed by atoms with van der Waals surface area (Å²) in [6.45, 7) is 6.39. The van der Waals surface area contributed by atoms with Crippen molar-refractivity contribution in [2.45, 2.75) is 40.2 Å². The van der Waals surface area contributed by atoms with Gasteiger partial charge in [-0.15, -0.1) is 0 Å². The number of ketones is 1. The fraction of sp³-hybridized carbons (Fsp3) is 0.292. The largest absolute Gasteiger partial charge is 0.488 e. The van der Waals surface area contributed by atoms with Crippen LogP contribution in [0.2, 0.25) is 0 Å². The number of hydrogen-bond acceptors (Lipinski definition) is 4. The van der Waals surface area contributed by atoms with E-state index in [0.29, 0.717) is 35.6 Å². The first-order chi connectivity index (χ1) is 14.0. The number of rotatable bonds is 7. The topological polar surface area (TPSA) is 51.6 Å². The molecule has 0 N–H and O–H groups in total. The van der Waals surface area contributed by atoms with Gasteiger partial charge in [0, 0.05) is 36.2 Å². The zero-order chi connectivity index (χ0) is 20.8. The number of aliphatic imine (C=N–C) groups is 1. The highest BCUT2D eigenvalue weighted by Crippen LogP contribution is 2.33. The van der Waals surface area contributed by atoms with Crippen molar-refractivity contribution in [1.82, 2.24) is 4.98 Å². The van der Waals surface area contributed by atoms with E-state index >= 15 is 0 Å². The Morgan fingerprint density at radius 2 is 2.14 bits per heavy atom. The Labute approximate surface area is 170 Å². The fourth-order valence-corrected chi connectivity index (χ4v) is 3.21. The van der Waals surface area contributed by atoms with Crippen LogP contribution in [0.3, 0.4) is 0 Å². The van der Waals surface area contributed by atoms with E-state index in [4.69, 9.17) is 4.74 Å². The first-order valence-corrected chi connectivity index (χ1v) is 9.75. The Hall–Kier alpha value is -3.08. The van der Waals surface area contributed by atoms with E-state index in [1.165, 1.54) is 12.1 Å². The van der Waals surface area contributed by atoms with Crippen LogP contribution in [0.5, 0.6) is 5.75 Å². The highest BCUT2D eigenvalue weighted by molar-refractivity contribution is 6.03. The van der Waals surface area contributed by atoms with Gasteiger partial charge in [-0.3, -0.25) is 14.8 Å². The molecular weight excluding hydrogens is 367 g/mol. The van der Waals surface area contributed by atoms with E-state index < -0.39 is 0 Å². The smallest absolute Gasteiger partial charge is 0.167 e. The van der Waals surface area contributed by atoms with Crippen molar-refractivity contribution in [2.24, 2.45) is 10.9 Å². The first kappa shape index (κ1) is 20.6. The molecule has 0 atom stereocenters. The molecular formula is C24H25FN2O2. The molecule has 1 aliphatic carbocycles. The van der Waals surface area contributed by atoms with E-state index in [0.717, 1.165) is 16.8 Å². The second-order valence-corrected chi connectivity index (χ2v) is 7.36. The molecule has 1 aliphatic rings. The lowest BCUT2D eigenvalue weighted by Crippen LogP contribution is -2.05. The van der Waals surface area contributed by atoms with E-state index in [9.17, 15) is 9.18 Å². The predicted molar refractivity (Wildman–Crippen MR) is 114 cm³/mol. The summed E-state index contributed by atoms with van der Waals surface area (Å²) in [5.41, 5.74) is 3.48. The lowest BCUT2D eigenvalue weighted by Gasteiger charge is -2.13. The first-order valence-electron chi connectivity index (χ1n) is 9.75. The van der Waals surface area contributed by atoms with Crippen LogP contribution >= 0.6 is 0 Å². The second-order valence-electron chi connectivity index (χ2n) is 7.36. The van der Waals surface area contributed by atoms with Crippen LogP contribution in [0.15, 0.2) is 53.8 Å². The average Bonchev–Trinajstić information content (AvgIpc) is 3.10. The van der Waals surface area contributed by atoms with Gasteiger partial charge in [0.05, 0.1) is 11.3 Å². The number of carbonyl (C=O) groups is 1. The molecule has 3 rings (SSSR count). The summed E-state index contributed by atoms with van der Waals surface area (Å²) in [5, 5.41) is 0. The molecule has 1 aromatic heterocycles. The molecule has 0 fully saturated rings. The Morgan fingerprint density at radius 1 is 1.31 bits per heavy atom. The van der Waals surface area contributed by atoms with Crippen molar-refractivity contribution < 1.29 is 13.9 Å².